The predicted molar refractivity (Wildman–Crippen MR) is 54.1 cm³/mol. The summed E-state index contributed by atoms with van der Waals surface area (Å²) in [6.07, 6.45) is 4.29. The second kappa shape index (κ2) is 4.77. The Labute approximate surface area is 91.7 Å². The lowest BCUT2D eigenvalue weighted by Gasteiger charge is -2.05. The standard InChI is InChI=1S/C9H11N5O2/c1-15-7(4-10)9-13-8(14-16-9)6-5-11-2-3-12-6/h2-3,5,7H,4,10H2,1H3. The van der Waals surface area contributed by atoms with E-state index in [0.717, 1.165) is 0 Å². The molecule has 0 aliphatic rings. The molecule has 0 saturated carbocycles. The van der Waals surface area contributed by atoms with Crippen LogP contribution >= 0.6 is 0 Å². The summed E-state index contributed by atoms with van der Waals surface area (Å²) in [6, 6.07) is 0. The van der Waals surface area contributed by atoms with Gasteiger partial charge in [0.25, 0.3) is 5.89 Å². The van der Waals surface area contributed by atoms with Gasteiger partial charge in [0.15, 0.2) is 0 Å². The van der Waals surface area contributed by atoms with E-state index < -0.39 is 6.10 Å². The molecule has 0 aromatic carbocycles. The van der Waals surface area contributed by atoms with Gasteiger partial charge in [0.1, 0.15) is 11.8 Å². The fourth-order valence-electron chi connectivity index (χ4n) is 1.18. The molecular formula is C9H11N5O2. The third-order valence-corrected chi connectivity index (χ3v) is 2.01. The number of rotatable bonds is 4. The molecule has 0 aliphatic heterocycles. The van der Waals surface area contributed by atoms with Crippen molar-refractivity contribution >= 4 is 0 Å². The van der Waals surface area contributed by atoms with Crippen LogP contribution in [0.4, 0.5) is 0 Å². The summed E-state index contributed by atoms with van der Waals surface area (Å²) in [6.45, 7) is 0.276. The van der Waals surface area contributed by atoms with Crippen LogP contribution in [0.2, 0.25) is 0 Å². The van der Waals surface area contributed by atoms with Gasteiger partial charge in [-0.25, -0.2) is 4.98 Å². The Morgan fingerprint density at radius 2 is 2.38 bits per heavy atom. The summed E-state index contributed by atoms with van der Waals surface area (Å²) in [7, 11) is 1.53. The number of methoxy groups -OCH3 is 1. The molecule has 2 rings (SSSR count). The molecule has 2 aromatic heterocycles. The Kier molecular flexibility index (Phi) is 3.18. The molecule has 2 heterocycles. The highest BCUT2D eigenvalue weighted by Crippen LogP contribution is 2.17. The van der Waals surface area contributed by atoms with Crippen LogP contribution in [-0.2, 0) is 4.74 Å². The smallest absolute Gasteiger partial charge is 0.257 e. The minimum absolute atomic E-state index is 0.276. The molecule has 0 radical (unpaired) electrons. The SMILES string of the molecule is COC(CN)c1nc(-c2cnccn2)no1. The Bertz CT molecular complexity index is 440. The van der Waals surface area contributed by atoms with Gasteiger partial charge in [-0.1, -0.05) is 5.16 Å². The molecule has 0 aliphatic carbocycles. The number of aromatic nitrogens is 4. The van der Waals surface area contributed by atoms with Crippen molar-refractivity contribution in [1.29, 1.82) is 0 Å². The van der Waals surface area contributed by atoms with Crippen molar-refractivity contribution in [3.63, 3.8) is 0 Å². The van der Waals surface area contributed by atoms with Gasteiger partial charge in [-0.2, -0.15) is 4.98 Å². The van der Waals surface area contributed by atoms with Crippen molar-refractivity contribution in [2.45, 2.75) is 6.10 Å². The zero-order chi connectivity index (χ0) is 11.4. The van der Waals surface area contributed by atoms with E-state index in [9.17, 15) is 0 Å². The van der Waals surface area contributed by atoms with Crippen molar-refractivity contribution in [3.8, 4) is 11.5 Å². The molecule has 2 N–H and O–H groups in total. The highest BCUT2D eigenvalue weighted by atomic mass is 16.5. The lowest BCUT2D eigenvalue weighted by molar-refractivity contribution is 0.0804. The van der Waals surface area contributed by atoms with Gasteiger partial charge in [0.2, 0.25) is 5.82 Å². The van der Waals surface area contributed by atoms with Crippen LogP contribution in [0.5, 0.6) is 0 Å². The van der Waals surface area contributed by atoms with E-state index in [1.807, 2.05) is 0 Å². The Morgan fingerprint density at radius 3 is 3.00 bits per heavy atom. The van der Waals surface area contributed by atoms with Gasteiger partial charge in [-0.3, -0.25) is 4.98 Å². The van der Waals surface area contributed by atoms with Crippen LogP contribution in [0, 0.1) is 0 Å². The lowest BCUT2D eigenvalue weighted by atomic mass is 10.3. The molecule has 0 bridgehead atoms. The fraction of sp³-hybridized carbons (Fsp3) is 0.333. The summed E-state index contributed by atoms with van der Waals surface area (Å²) >= 11 is 0. The molecule has 7 heteroatoms. The van der Waals surface area contributed by atoms with Crippen LogP contribution < -0.4 is 5.73 Å². The second-order valence-corrected chi connectivity index (χ2v) is 3.01. The summed E-state index contributed by atoms with van der Waals surface area (Å²) in [4.78, 5) is 12.1. The van der Waals surface area contributed by atoms with E-state index in [1.165, 1.54) is 7.11 Å². The second-order valence-electron chi connectivity index (χ2n) is 3.01. The van der Waals surface area contributed by atoms with Gasteiger partial charge in [-0.05, 0) is 0 Å². The zero-order valence-electron chi connectivity index (χ0n) is 8.70. The average Bonchev–Trinajstić information content (AvgIpc) is 2.81. The van der Waals surface area contributed by atoms with Crippen LogP contribution in [0.15, 0.2) is 23.1 Å². The van der Waals surface area contributed by atoms with E-state index in [1.54, 1.807) is 18.6 Å². The minimum atomic E-state index is -0.391. The van der Waals surface area contributed by atoms with Crippen molar-refractivity contribution in [3.05, 3.63) is 24.5 Å². The molecule has 2 aromatic rings. The summed E-state index contributed by atoms with van der Waals surface area (Å²) in [5.74, 6) is 0.712. The van der Waals surface area contributed by atoms with Crippen molar-refractivity contribution in [1.82, 2.24) is 20.1 Å². The average molecular weight is 221 g/mol. The van der Waals surface area contributed by atoms with Gasteiger partial charge in [-0.15, -0.1) is 0 Å². The Balaban J connectivity index is 2.26. The Morgan fingerprint density at radius 1 is 1.50 bits per heavy atom. The predicted octanol–water partition coefficient (Wildman–Crippen LogP) is 0.173. The summed E-state index contributed by atoms with van der Waals surface area (Å²) < 4.78 is 10.1. The topological polar surface area (TPSA) is 100.0 Å². The molecule has 1 atom stereocenters. The van der Waals surface area contributed by atoms with E-state index in [2.05, 4.69) is 20.1 Å². The van der Waals surface area contributed by atoms with Crippen LogP contribution in [0.3, 0.4) is 0 Å². The first-order valence-corrected chi connectivity index (χ1v) is 4.68. The molecule has 1 unspecified atom stereocenters. The van der Waals surface area contributed by atoms with Gasteiger partial charge < -0.3 is 15.0 Å². The van der Waals surface area contributed by atoms with Crippen molar-refractivity contribution in [2.24, 2.45) is 5.73 Å². The third kappa shape index (κ3) is 2.05. The van der Waals surface area contributed by atoms with Gasteiger partial charge in [0, 0.05) is 26.0 Å². The maximum Gasteiger partial charge on any atom is 0.257 e. The molecule has 0 saturated heterocycles. The molecular weight excluding hydrogens is 210 g/mol. The first-order chi connectivity index (χ1) is 7.85. The molecule has 0 fully saturated rings. The van der Waals surface area contributed by atoms with Crippen LogP contribution in [0.1, 0.15) is 12.0 Å². The minimum Gasteiger partial charge on any atom is -0.370 e. The van der Waals surface area contributed by atoms with E-state index in [4.69, 9.17) is 15.0 Å². The van der Waals surface area contributed by atoms with Crippen LogP contribution in [0.25, 0.3) is 11.5 Å². The molecule has 16 heavy (non-hydrogen) atoms. The zero-order valence-corrected chi connectivity index (χ0v) is 8.70. The monoisotopic (exact) mass is 221 g/mol. The Hall–Kier alpha value is -1.86. The maximum absolute atomic E-state index is 5.48. The van der Waals surface area contributed by atoms with Gasteiger partial charge >= 0.3 is 0 Å². The number of ether oxygens (including phenoxy) is 1. The highest BCUT2D eigenvalue weighted by Gasteiger charge is 2.17. The number of hydrogen-bond acceptors (Lipinski definition) is 7. The quantitative estimate of drug-likeness (QED) is 0.785. The highest BCUT2D eigenvalue weighted by molar-refractivity contribution is 5.45. The van der Waals surface area contributed by atoms with Crippen molar-refractivity contribution in [2.75, 3.05) is 13.7 Å². The summed E-state index contributed by atoms with van der Waals surface area (Å²) in [5, 5.41) is 3.78. The largest absolute Gasteiger partial charge is 0.370 e. The normalized spacial score (nSPS) is 12.6. The van der Waals surface area contributed by atoms with E-state index in [0.29, 0.717) is 17.4 Å². The first-order valence-electron chi connectivity index (χ1n) is 4.68. The van der Waals surface area contributed by atoms with Gasteiger partial charge in [0.05, 0.1) is 6.20 Å². The number of hydrogen-bond donors (Lipinski definition) is 1. The number of nitrogens with zero attached hydrogens (tertiary/aromatic N) is 4. The third-order valence-electron chi connectivity index (χ3n) is 2.01. The van der Waals surface area contributed by atoms with Crippen molar-refractivity contribution < 1.29 is 9.26 Å². The molecule has 0 amide bonds. The summed E-state index contributed by atoms with van der Waals surface area (Å²) in [5.41, 5.74) is 6.03. The van der Waals surface area contributed by atoms with Crippen LogP contribution in [-0.4, -0.2) is 33.8 Å². The first kappa shape index (κ1) is 10.7. The van der Waals surface area contributed by atoms with E-state index >= 15 is 0 Å². The fourth-order valence-corrected chi connectivity index (χ4v) is 1.18. The molecule has 0 spiro atoms. The lowest BCUT2D eigenvalue weighted by Crippen LogP contribution is -2.14. The molecule has 7 nitrogen and oxygen atoms in total. The molecule has 84 valence electrons. The van der Waals surface area contributed by atoms with E-state index in [-0.39, 0.29) is 6.54 Å². The maximum atomic E-state index is 5.48. The number of nitrogens with two attached hydrogens (primary N) is 1.